The third-order valence-electron chi connectivity index (χ3n) is 6.09. The number of rotatable bonds is 7. The van der Waals surface area contributed by atoms with Crippen LogP contribution < -0.4 is 9.21 Å². The Hall–Kier alpha value is -2.90. The standard InChI is InChI=1S/C25H29N3O3S/c1-2-28(22-11-7-4-8-12-22)32(30,31)23-13-14-24(26-19-23)27-17-15-21(16-18-27)25(29)20-9-5-3-6-10-20/h3-14,19,21,25,29H,2,15-18H2,1H3. The van der Waals surface area contributed by atoms with E-state index in [0.29, 0.717) is 12.2 Å². The van der Waals surface area contributed by atoms with Crippen molar-refractivity contribution in [2.24, 2.45) is 5.92 Å². The van der Waals surface area contributed by atoms with E-state index >= 15 is 0 Å². The van der Waals surface area contributed by atoms with E-state index < -0.39 is 16.1 Å². The Labute approximate surface area is 190 Å². The number of pyridine rings is 1. The predicted molar refractivity (Wildman–Crippen MR) is 127 cm³/mol. The fraction of sp³-hybridized carbons (Fsp3) is 0.320. The van der Waals surface area contributed by atoms with Crippen LogP contribution in [0.25, 0.3) is 0 Å². The van der Waals surface area contributed by atoms with Crippen LogP contribution >= 0.6 is 0 Å². The number of aromatic nitrogens is 1. The highest BCUT2D eigenvalue weighted by Crippen LogP contribution is 2.32. The Bertz CT molecular complexity index is 1100. The molecule has 6 nitrogen and oxygen atoms in total. The molecule has 1 aliphatic rings. The van der Waals surface area contributed by atoms with Crippen LogP contribution in [-0.4, -0.2) is 38.1 Å². The van der Waals surface area contributed by atoms with Crippen molar-refractivity contribution in [2.45, 2.75) is 30.8 Å². The second-order valence-corrected chi connectivity index (χ2v) is 9.90. The summed E-state index contributed by atoms with van der Waals surface area (Å²) >= 11 is 0. The third-order valence-corrected chi connectivity index (χ3v) is 7.98. The van der Waals surface area contributed by atoms with Crippen molar-refractivity contribution in [1.82, 2.24) is 4.98 Å². The van der Waals surface area contributed by atoms with E-state index in [9.17, 15) is 13.5 Å². The number of piperidine rings is 1. The number of aliphatic hydroxyl groups is 1. The average molecular weight is 452 g/mol. The van der Waals surface area contributed by atoms with Crippen LogP contribution in [0.3, 0.4) is 0 Å². The van der Waals surface area contributed by atoms with E-state index in [0.717, 1.165) is 37.3 Å². The van der Waals surface area contributed by atoms with E-state index in [1.165, 1.54) is 10.5 Å². The van der Waals surface area contributed by atoms with Gasteiger partial charge in [0.1, 0.15) is 10.7 Å². The maximum atomic E-state index is 13.1. The minimum atomic E-state index is -3.68. The van der Waals surface area contributed by atoms with Crippen molar-refractivity contribution >= 4 is 21.5 Å². The summed E-state index contributed by atoms with van der Waals surface area (Å²) in [5, 5.41) is 10.7. The van der Waals surface area contributed by atoms with Crippen molar-refractivity contribution in [2.75, 3.05) is 28.8 Å². The zero-order chi connectivity index (χ0) is 22.6. The molecule has 0 bridgehead atoms. The lowest BCUT2D eigenvalue weighted by Gasteiger charge is -2.35. The Morgan fingerprint density at radius 2 is 1.62 bits per heavy atom. The van der Waals surface area contributed by atoms with Crippen molar-refractivity contribution in [1.29, 1.82) is 0 Å². The van der Waals surface area contributed by atoms with Gasteiger partial charge >= 0.3 is 0 Å². The summed E-state index contributed by atoms with van der Waals surface area (Å²) in [6.07, 6.45) is 2.70. The maximum Gasteiger partial charge on any atom is 0.265 e. The molecule has 32 heavy (non-hydrogen) atoms. The lowest BCUT2D eigenvalue weighted by Crippen LogP contribution is -2.36. The first kappa shape index (κ1) is 22.3. The van der Waals surface area contributed by atoms with Gasteiger partial charge in [-0.05, 0) is 55.5 Å². The number of benzene rings is 2. The topological polar surface area (TPSA) is 73.7 Å². The molecule has 2 aromatic carbocycles. The molecular weight excluding hydrogens is 422 g/mol. The van der Waals surface area contributed by atoms with Gasteiger partial charge in [-0.15, -0.1) is 0 Å². The average Bonchev–Trinajstić information content (AvgIpc) is 2.85. The fourth-order valence-corrected chi connectivity index (χ4v) is 5.71. The number of nitrogens with zero attached hydrogens (tertiary/aromatic N) is 3. The van der Waals surface area contributed by atoms with Gasteiger partial charge in [0, 0.05) is 25.8 Å². The predicted octanol–water partition coefficient (Wildman–Crippen LogP) is 4.25. The molecule has 1 saturated heterocycles. The molecule has 1 atom stereocenters. The van der Waals surface area contributed by atoms with Crippen molar-refractivity contribution in [3.8, 4) is 0 Å². The number of aliphatic hydroxyl groups excluding tert-OH is 1. The Morgan fingerprint density at radius 1 is 1.00 bits per heavy atom. The highest BCUT2D eigenvalue weighted by molar-refractivity contribution is 7.92. The van der Waals surface area contributed by atoms with Crippen LogP contribution in [-0.2, 0) is 10.0 Å². The van der Waals surface area contributed by atoms with Gasteiger partial charge in [-0.25, -0.2) is 13.4 Å². The van der Waals surface area contributed by atoms with E-state index in [2.05, 4.69) is 9.88 Å². The quantitative estimate of drug-likeness (QED) is 0.581. The maximum absolute atomic E-state index is 13.1. The monoisotopic (exact) mass is 451 g/mol. The zero-order valence-corrected chi connectivity index (χ0v) is 19.0. The van der Waals surface area contributed by atoms with E-state index in [1.54, 1.807) is 24.3 Å². The number of sulfonamides is 1. The van der Waals surface area contributed by atoms with Gasteiger partial charge in [-0.2, -0.15) is 0 Å². The molecule has 1 aromatic heterocycles. The summed E-state index contributed by atoms with van der Waals surface area (Å²) in [5.74, 6) is 0.969. The lowest BCUT2D eigenvalue weighted by atomic mass is 9.87. The summed E-state index contributed by atoms with van der Waals surface area (Å²) in [4.78, 5) is 6.80. The zero-order valence-electron chi connectivity index (χ0n) is 18.2. The van der Waals surface area contributed by atoms with E-state index in [-0.39, 0.29) is 10.8 Å². The van der Waals surface area contributed by atoms with Gasteiger partial charge in [-0.3, -0.25) is 4.31 Å². The van der Waals surface area contributed by atoms with Gasteiger partial charge in [0.25, 0.3) is 10.0 Å². The van der Waals surface area contributed by atoms with Gasteiger partial charge in [0.05, 0.1) is 11.8 Å². The molecule has 0 amide bonds. The number of para-hydroxylation sites is 1. The number of anilines is 2. The van der Waals surface area contributed by atoms with Crippen LogP contribution in [0.4, 0.5) is 11.5 Å². The first-order valence-electron chi connectivity index (χ1n) is 11.0. The minimum Gasteiger partial charge on any atom is -0.388 e. The summed E-state index contributed by atoms with van der Waals surface area (Å²) in [6, 6.07) is 22.3. The van der Waals surface area contributed by atoms with Crippen LogP contribution in [0.5, 0.6) is 0 Å². The van der Waals surface area contributed by atoms with Gasteiger partial charge < -0.3 is 10.0 Å². The molecule has 3 aromatic rings. The normalized spacial score (nSPS) is 16.0. The van der Waals surface area contributed by atoms with Gasteiger partial charge in [0.15, 0.2) is 0 Å². The molecule has 168 valence electrons. The molecule has 1 N–H and O–H groups in total. The number of hydrogen-bond donors (Lipinski definition) is 1. The second kappa shape index (κ2) is 9.71. The van der Waals surface area contributed by atoms with Crippen molar-refractivity contribution in [3.63, 3.8) is 0 Å². The first-order chi connectivity index (χ1) is 15.5. The largest absolute Gasteiger partial charge is 0.388 e. The van der Waals surface area contributed by atoms with Gasteiger partial charge in [-0.1, -0.05) is 48.5 Å². The Kier molecular flexibility index (Phi) is 6.77. The van der Waals surface area contributed by atoms with Crippen LogP contribution in [0.1, 0.15) is 31.4 Å². The smallest absolute Gasteiger partial charge is 0.265 e. The summed E-state index contributed by atoms with van der Waals surface area (Å²) < 4.78 is 27.7. The van der Waals surface area contributed by atoms with Crippen LogP contribution in [0.2, 0.25) is 0 Å². The molecule has 2 heterocycles. The molecule has 1 unspecified atom stereocenters. The molecule has 0 radical (unpaired) electrons. The second-order valence-electron chi connectivity index (χ2n) is 8.04. The molecule has 1 fully saturated rings. The molecule has 1 aliphatic heterocycles. The molecule has 0 spiro atoms. The fourth-order valence-electron chi connectivity index (χ4n) is 4.29. The summed E-state index contributed by atoms with van der Waals surface area (Å²) in [6.45, 7) is 3.71. The van der Waals surface area contributed by atoms with E-state index in [1.807, 2.05) is 55.5 Å². The summed E-state index contributed by atoms with van der Waals surface area (Å²) in [5.41, 5.74) is 1.59. The first-order valence-corrected chi connectivity index (χ1v) is 12.5. The third kappa shape index (κ3) is 4.64. The molecule has 7 heteroatoms. The van der Waals surface area contributed by atoms with E-state index in [4.69, 9.17) is 0 Å². The Balaban J connectivity index is 1.43. The molecule has 0 aliphatic carbocycles. The summed E-state index contributed by atoms with van der Waals surface area (Å²) in [7, 11) is -3.68. The molecular formula is C25H29N3O3S. The highest BCUT2D eigenvalue weighted by Gasteiger charge is 2.28. The van der Waals surface area contributed by atoms with Crippen molar-refractivity contribution < 1.29 is 13.5 Å². The minimum absolute atomic E-state index is 0.182. The Morgan fingerprint density at radius 3 is 2.19 bits per heavy atom. The molecule has 0 saturated carbocycles. The van der Waals surface area contributed by atoms with Gasteiger partial charge in [0.2, 0.25) is 0 Å². The van der Waals surface area contributed by atoms with Crippen molar-refractivity contribution in [3.05, 3.63) is 84.6 Å². The SMILES string of the molecule is CCN(c1ccccc1)S(=O)(=O)c1ccc(N2CCC(C(O)c3ccccc3)CC2)nc1. The highest BCUT2D eigenvalue weighted by atomic mass is 32.2. The lowest BCUT2D eigenvalue weighted by molar-refractivity contribution is 0.0929. The molecule has 4 rings (SSSR count). The number of hydrogen-bond acceptors (Lipinski definition) is 5. The van der Waals surface area contributed by atoms with Crippen LogP contribution in [0, 0.1) is 5.92 Å². The van der Waals surface area contributed by atoms with Crippen LogP contribution in [0.15, 0.2) is 83.9 Å².